The second kappa shape index (κ2) is 24.5. The van der Waals surface area contributed by atoms with E-state index in [4.69, 9.17) is 5.73 Å². The van der Waals surface area contributed by atoms with Crippen LogP contribution >= 0.6 is 0 Å². The number of rotatable bonds is 26. The second-order valence-corrected chi connectivity index (χ2v) is 14.8. The summed E-state index contributed by atoms with van der Waals surface area (Å²) in [6.07, 6.45) is 23.9. The molecule has 2 heterocycles. The molecule has 2 fully saturated rings. The number of hydrogen-bond donors (Lipinski definition) is 2. The van der Waals surface area contributed by atoms with Gasteiger partial charge in [0.05, 0.1) is 6.54 Å². The lowest BCUT2D eigenvalue weighted by Gasteiger charge is -2.35. The number of carbonyl (C=O) groups excluding carboxylic acids is 3. The fourth-order valence-electron chi connectivity index (χ4n) is 7.51. The van der Waals surface area contributed by atoms with E-state index in [1.165, 1.54) is 89.9 Å². The van der Waals surface area contributed by atoms with Crippen LogP contribution in [-0.4, -0.2) is 91.3 Å². The van der Waals surface area contributed by atoms with E-state index in [1.54, 1.807) is 0 Å². The Labute approximate surface area is 283 Å². The highest BCUT2D eigenvalue weighted by molar-refractivity contribution is 5.84. The third-order valence-corrected chi connectivity index (χ3v) is 10.7. The molecular formula is C38H73N5O3. The third kappa shape index (κ3) is 16.9. The summed E-state index contributed by atoms with van der Waals surface area (Å²) in [7, 11) is 0. The fraction of sp³-hybridized carbons (Fsp3) is 0.921. The van der Waals surface area contributed by atoms with Crippen molar-refractivity contribution < 1.29 is 14.4 Å². The first-order chi connectivity index (χ1) is 22.3. The number of carbonyl (C=O) groups is 3. The minimum absolute atomic E-state index is 0.00574. The number of nitrogens with two attached hydrogens (primary N) is 1. The van der Waals surface area contributed by atoms with Crippen LogP contribution < -0.4 is 11.1 Å². The lowest BCUT2D eigenvalue weighted by atomic mass is 9.74. The molecule has 2 saturated heterocycles. The highest BCUT2D eigenvalue weighted by Gasteiger charge is 2.27. The first-order valence-electron chi connectivity index (χ1n) is 19.6. The van der Waals surface area contributed by atoms with E-state index in [-0.39, 0.29) is 18.4 Å². The van der Waals surface area contributed by atoms with Gasteiger partial charge in [0.15, 0.2) is 0 Å². The van der Waals surface area contributed by atoms with Gasteiger partial charge in [0.1, 0.15) is 0 Å². The van der Waals surface area contributed by atoms with Crippen LogP contribution in [0, 0.1) is 11.3 Å². The van der Waals surface area contributed by atoms with Crippen molar-refractivity contribution >= 4 is 17.7 Å². The van der Waals surface area contributed by atoms with E-state index in [1.807, 2.05) is 4.90 Å². The molecular weight excluding hydrogens is 574 g/mol. The van der Waals surface area contributed by atoms with Crippen LogP contribution in [0.3, 0.4) is 0 Å². The summed E-state index contributed by atoms with van der Waals surface area (Å²) in [5, 5.41) is 2.80. The second-order valence-electron chi connectivity index (χ2n) is 14.8. The normalized spacial score (nSPS) is 18.6. The van der Waals surface area contributed by atoms with Gasteiger partial charge in [0.2, 0.25) is 17.7 Å². The molecule has 2 aliphatic heterocycles. The topological polar surface area (TPSA) is 99.0 Å². The zero-order chi connectivity index (χ0) is 33.5. The predicted molar refractivity (Wildman–Crippen MR) is 192 cm³/mol. The van der Waals surface area contributed by atoms with Crippen LogP contribution in [0.2, 0.25) is 0 Å². The molecule has 2 aliphatic rings. The molecule has 0 aromatic heterocycles. The molecule has 0 aliphatic carbocycles. The van der Waals surface area contributed by atoms with Gasteiger partial charge in [-0.1, -0.05) is 97.8 Å². The van der Waals surface area contributed by atoms with Gasteiger partial charge >= 0.3 is 0 Å². The molecule has 46 heavy (non-hydrogen) atoms. The maximum absolute atomic E-state index is 12.8. The van der Waals surface area contributed by atoms with Crippen molar-refractivity contribution in [3.8, 4) is 0 Å². The summed E-state index contributed by atoms with van der Waals surface area (Å²) >= 11 is 0. The molecule has 2 rings (SSSR count). The van der Waals surface area contributed by atoms with Crippen molar-refractivity contribution in [1.82, 2.24) is 20.0 Å². The molecule has 0 aromatic carbocycles. The van der Waals surface area contributed by atoms with Crippen LogP contribution in [-0.2, 0) is 14.4 Å². The van der Waals surface area contributed by atoms with Gasteiger partial charge in [0.25, 0.3) is 0 Å². The zero-order valence-electron chi connectivity index (χ0n) is 30.4. The van der Waals surface area contributed by atoms with Gasteiger partial charge in [-0.25, -0.2) is 0 Å². The van der Waals surface area contributed by atoms with E-state index in [2.05, 4.69) is 35.9 Å². The Kier molecular flexibility index (Phi) is 21.5. The molecule has 8 heteroatoms. The Morgan fingerprint density at radius 3 is 1.89 bits per heavy atom. The van der Waals surface area contributed by atoms with E-state index in [9.17, 15) is 14.4 Å². The van der Waals surface area contributed by atoms with Gasteiger partial charge in [-0.05, 0) is 69.4 Å². The highest BCUT2D eigenvalue weighted by Crippen LogP contribution is 2.35. The third-order valence-electron chi connectivity index (χ3n) is 10.7. The van der Waals surface area contributed by atoms with E-state index in [0.29, 0.717) is 30.1 Å². The summed E-state index contributed by atoms with van der Waals surface area (Å²) in [5.74, 6) is 0.982. The lowest BCUT2D eigenvalue weighted by molar-refractivity contribution is -0.133. The number of nitrogens with one attached hydrogen (secondary N) is 1. The Morgan fingerprint density at radius 1 is 0.674 bits per heavy atom. The molecule has 3 amide bonds. The Balaban J connectivity index is 1.40. The number of amides is 3. The fourth-order valence-corrected chi connectivity index (χ4v) is 7.51. The average Bonchev–Trinajstić information content (AvgIpc) is 3.50. The molecule has 0 radical (unpaired) electrons. The molecule has 0 saturated carbocycles. The largest absolute Gasteiger partial charge is 0.347 e. The van der Waals surface area contributed by atoms with Crippen molar-refractivity contribution in [2.24, 2.45) is 17.1 Å². The summed E-state index contributed by atoms with van der Waals surface area (Å²) in [5.41, 5.74) is 6.59. The van der Waals surface area contributed by atoms with Gasteiger partial charge < -0.3 is 20.9 Å². The number of nitrogens with zero attached hydrogens (tertiary/aromatic N) is 3. The number of hydrogen-bond acceptors (Lipinski definition) is 5. The molecule has 0 spiro atoms. The predicted octanol–water partition coefficient (Wildman–Crippen LogP) is 6.90. The summed E-state index contributed by atoms with van der Waals surface area (Å²) in [6, 6.07) is 0. The van der Waals surface area contributed by atoms with E-state index >= 15 is 0 Å². The first-order valence-corrected chi connectivity index (χ1v) is 19.6. The smallest absolute Gasteiger partial charge is 0.241 e. The van der Waals surface area contributed by atoms with E-state index in [0.717, 1.165) is 84.5 Å². The molecule has 0 bridgehead atoms. The molecule has 2 unspecified atom stereocenters. The summed E-state index contributed by atoms with van der Waals surface area (Å²) in [4.78, 5) is 43.5. The van der Waals surface area contributed by atoms with E-state index < -0.39 is 0 Å². The quantitative estimate of drug-likeness (QED) is 0.0996. The Hall–Kier alpha value is -1.67. The zero-order valence-corrected chi connectivity index (χ0v) is 30.4. The molecule has 268 valence electrons. The van der Waals surface area contributed by atoms with Gasteiger partial charge in [-0.15, -0.1) is 0 Å². The van der Waals surface area contributed by atoms with Crippen molar-refractivity contribution in [3.05, 3.63) is 0 Å². The molecule has 0 aromatic rings. The number of unbranched alkanes of at least 4 members (excludes halogenated alkanes) is 11. The van der Waals surface area contributed by atoms with Crippen LogP contribution in [0.1, 0.15) is 156 Å². The minimum atomic E-state index is 0.00574. The summed E-state index contributed by atoms with van der Waals surface area (Å²) < 4.78 is 0. The van der Waals surface area contributed by atoms with Crippen LogP contribution in [0.4, 0.5) is 0 Å². The Morgan fingerprint density at radius 2 is 1.28 bits per heavy atom. The summed E-state index contributed by atoms with van der Waals surface area (Å²) in [6.45, 7) is 14.3. The van der Waals surface area contributed by atoms with Crippen molar-refractivity contribution in [3.63, 3.8) is 0 Å². The van der Waals surface area contributed by atoms with Crippen molar-refractivity contribution in [2.75, 3.05) is 58.9 Å². The average molecular weight is 648 g/mol. The van der Waals surface area contributed by atoms with Crippen LogP contribution in [0.25, 0.3) is 0 Å². The minimum Gasteiger partial charge on any atom is -0.347 e. The number of piperazine rings is 1. The maximum Gasteiger partial charge on any atom is 0.241 e. The molecule has 2 atom stereocenters. The van der Waals surface area contributed by atoms with Gasteiger partial charge in [-0.3, -0.25) is 19.3 Å². The van der Waals surface area contributed by atoms with Crippen LogP contribution in [0.5, 0.6) is 0 Å². The maximum atomic E-state index is 12.8. The highest BCUT2D eigenvalue weighted by atomic mass is 16.2. The first kappa shape index (κ1) is 40.5. The van der Waals surface area contributed by atoms with Crippen molar-refractivity contribution in [2.45, 2.75) is 156 Å². The Bertz CT molecular complexity index is 831. The van der Waals surface area contributed by atoms with Gasteiger partial charge in [0, 0.05) is 52.1 Å². The SMILES string of the molecule is CCCCCC(CN)(CCC)CCCCCC(=O)N1CCN(CCCCCCCCCCC(=O)NCC(=O)N2CCC(C)C2)CC1. The lowest BCUT2D eigenvalue weighted by Crippen LogP contribution is -2.48. The monoisotopic (exact) mass is 648 g/mol. The standard InChI is InChI=1S/C38H73N5O3/c1-4-6-16-23-38(33-39,22-5-2)24-17-13-15-20-36(45)42-29-27-41(28-30-42)25-18-12-10-8-7-9-11-14-19-35(44)40-31-37(46)43-26-21-34(3)32-43/h34H,4-33,39H2,1-3H3,(H,40,44). The van der Waals surface area contributed by atoms with Crippen LogP contribution in [0.15, 0.2) is 0 Å². The van der Waals surface area contributed by atoms with Crippen molar-refractivity contribution in [1.29, 1.82) is 0 Å². The van der Waals surface area contributed by atoms with Gasteiger partial charge in [-0.2, -0.15) is 0 Å². The molecule has 3 N–H and O–H groups in total. The molecule has 8 nitrogen and oxygen atoms in total. The number of likely N-dealkylation sites (tertiary alicyclic amines) is 1.